The number of aromatic nitrogens is 2. The van der Waals surface area contributed by atoms with Crippen molar-refractivity contribution in [1.82, 2.24) is 9.97 Å². The Morgan fingerprint density at radius 1 is 1.05 bits per heavy atom. The molecule has 0 fully saturated rings. The Morgan fingerprint density at radius 2 is 1.85 bits per heavy atom. The van der Waals surface area contributed by atoms with E-state index in [2.05, 4.69) is 9.97 Å². The van der Waals surface area contributed by atoms with Crippen LogP contribution in [0.1, 0.15) is 11.4 Å². The number of halogens is 2. The van der Waals surface area contributed by atoms with Gasteiger partial charge in [-0.3, -0.25) is 0 Å². The number of H-pyrrole nitrogens is 1. The molecule has 3 N–H and O–H groups in total. The summed E-state index contributed by atoms with van der Waals surface area (Å²) >= 11 is 0. The van der Waals surface area contributed by atoms with Gasteiger partial charge in [-0.15, -0.1) is 0 Å². The number of imidazole rings is 1. The first-order valence-corrected chi connectivity index (χ1v) is 6.31. The van der Waals surface area contributed by atoms with Crippen molar-refractivity contribution in [2.75, 3.05) is 5.73 Å². The number of rotatable bonds is 3. The fourth-order valence-electron chi connectivity index (χ4n) is 2.20. The molecule has 0 aliphatic carbocycles. The third-order valence-electron chi connectivity index (χ3n) is 3.28. The highest BCUT2D eigenvalue weighted by atomic mass is 19.2. The molecule has 3 aromatic rings. The second-order valence-electron chi connectivity index (χ2n) is 4.64. The van der Waals surface area contributed by atoms with Crippen LogP contribution in [0, 0.1) is 11.6 Å². The summed E-state index contributed by atoms with van der Waals surface area (Å²) in [4.78, 5) is 7.10. The fourth-order valence-corrected chi connectivity index (χ4v) is 2.20. The number of nitrogens with zero attached hydrogens (tertiary/aromatic N) is 1. The summed E-state index contributed by atoms with van der Waals surface area (Å²) in [6.45, 7) is 0. The van der Waals surface area contributed by atoms with Gasteiger partial charge in [0, 0.05) is 12.1 Å². The van der Waals surface area contributed by atoms with Crippen LogP contribution in [0.4, 0.5) is 14.5 Å². The van der Waals surface area contributed by atoms with Gasteiger partial charge in [-0.2, -0.15) is 0 Å². The minimum absolute atomic E-state index is 0.0426. The van der Waals surface area contributed by atoms with Crippen LogP contribution >= 0.6 is 0 Å². The zero-order chi connectivity index (χ0) is 14.1. The van der Waals surface area contributed by atoms with Crippen LogP contribution in [-0.4, -0.2) is 9.97 Å². The van der Waals surface area contributed by atoms with E-state index < -0.39 is 11.6 Å². The molecule has 0 radical (unpaired) electrons. The van der Waals surface area contributed by atoms with Crippen molar-refractivity contribution in [3.8, 4) is 0 Å². The summed E-state index contributed by atoms with van der Waals surface area (Å²) in [6, 6.07) is 10.1. The van der Waals surface area contributed by atoms with Gasteiger partial charge in [0.15, 0.2) is 11.6 Å². The van der Waals surface area contributed by atoms with Crippen LogP contribution < -0.4 is 5.73 Å². The number of nitrogens with two attached hydrogens (primary N) is 1. The molecule has 5 heteroatoms. The summed E-state index contributed by atoms with van der Waals surface area (Å²) in [5, 5.41) is 0. The molecule has 102 valence electrons. The number of aryl methyl sites for hydroxylation is 2. The molecule has 1 heterocycles. The van der Waals surface area contributed by atoms with Crippen LogP contribution in [0.3, 0.4) is 0 Å². The van der Waals surface area contributed by atoms with E-state index in [0.29, 0.717) is 24.2 Å². The molecule has 0 saturated carbocycles. The van der Waals surface area contributed by atoms with Crippen molar-refractivity contribution in [3.05, 3.63) is 59.4 Å². The molecule has 1 aromatic heterocycles. The van der Waals surface area contributed by atoms with E-state index in [9.17, 15) is 8.78 Å². The van der Waals surface area contributed by atoms with Gasteiger partial charge in [-0.25, -0.2) is 13.8 Å². The SMILES string of the molecule is Nc1ccccc1CCc1nc2c(F)c(F)ccc2[nH]1. The molecule has 0 bridgehead atoms. The van der Waals surface area contributed by atoms with E-state index in [4.69, 9.17) is 5.73 Å². The molecule has 0 aliphatic heterocycles. The van der Waals surface area contributed by atoms with Crippen LogP contribution in [0.25, 0.3) is 11.0 Å². The maximum atomic E-state index is 13.6. The Labute approximate surface area is 114 Å². The number of fused-ring (bicyclic) bond motifs is 1. The third-order valence-corrected chi connectivity index (χ3v) is 3.28. The molecule has 0 unspecified atom stereocenters. The van der Waals surface area contributed by atoms with Crippen molar-refractivity contribution in [2.24, 2.45) is 0 Å². The Bertz CT molecular complexity index is 765. The van der Waals surface area contributed by atoms with E-state index in [1.54, 1.807) is 0 Å². The molecule has 0 atom stereocenters. The normalized spacial score (nSPS) is 11.1. The quantitative estimate of drug-likeness (QED) is 0.720. The largest absolute Gasteiger partial charge is 0.399 e. The van der Waals surface area contributed by atoms with Gasteiger partial charge in [0.1, 0.15) is 11.3 Å². The van der Waals surface area contributed by atoms with Crippen molar-refractivity contribution in [2.45, 2.75) is 12.8 Å². The van der Waals surface area contributed by atoms with Gasteiger partial charge in [0.05, 0.1) is 5.52 Å². The average molecular weight is 273 g/mol. The van der Waals surface area contributed by atoms with Crippen molar-refractivity contribution >= 4 is 16.7 Å². The smallest absolute Gasteiger partial charge is 0.186 e. The Morgan fingerprint density at radius 3 is 2.65 bits per heavy atom. The van der Waals surface area contributed by atoms with Gasteiger partial charge in [-0.1, -0.05) is 18.2 Å². The molecular formula is C15H13F2N3. The predicted molar refractivity (Wildman–Crippen MR) is 74.3 cm³/mol. The number of nitrogen functional groups attached to an aromatic ring is 1. The molecule has 0 amide bonds. The highest BCUT2D eigenvalue weighted by molar-refractivity contribution is 5.75. The topological polar surface area (TPSA) is 54.7 Å². The van der Waals surface area contributed by atoms with E-state index >= 15 is 0 Å². The summed E-state index contributed by atoms with van der Waals surface area (Å²) in [5.41, 5.74) is 8.14. The highest BCUT2D eigenvalue weighted by Gasteiger charge is 2.12. The van der Waals surface area contributed by atoms with Gasteiger partial charge in [0.25, 0.3) is 0 Å². The molecule has 3 rings (SSSR count). The standard InChI is InChI=1S/C15H13F2N3/c16-10-6-7-12-15(14(10)17)20-13(19-12)8-5-9-3-1-2-4-11(9)18/h1-4,6-7H,5,8,18H2,(H,19,20). The lowest BCUT2D eigenvalue weighted by atomic mass is 10.1. The van der Waals surface area contributed by atoms with Crippen LogP contribution in [-0.2, 0) is 12.8 Å². The predicted octanol–water partition coefficient (Wildman–Crippen LogP) is 3.21. The van der Waals surface area contributed by atoms with E-state index in [1.165, 1.54) is 6.07 Å². The Kier molecular flexibility index (Phi) is 3.10. The van der Waals surface area contributed by atoms with Crippen molar-refractivity contribution < 1.29 is 8.78 Å². The first-order valence-electron chi connectivity index (χ1n) is 6.31. The molecule has 20 heavy (non-hydrogen) atoms. The fraction of sp³-hybridized carbons (Fsp3) is 0.133. The molecule has 0 saturated heterocycles. The molecule has 3 nitrogen and oxygen atoms in total. The van der Waals surface area contributed by atoms with Crippen LogP contribution in [0.2, 0.25) is 0 Å². The number of benzene rings is 2. The minimum Gasteiger partial charge on any atom is -0.399 e. The lowest BCUT2D eigenvalue weighted by Gasteiger charge is -2.03. The molecule has 2 aromatic carbocycles. The lowest BCUT2D eigenvalue weighted by molar-refractivity contribution is 0.515. The van der Waals surface area contributed by atoms with Crippen LogP contribution in [0.15, 0.2) is 36.4 Å². The zero-order valence-corrected chi connectivity index (χ0v) is 10.7. The highest BCUT2D eigenvalue weighted by Crippen LogP contribution is 2.19. The number of para-hydroxylation sites is 1. The molecule has 0 spiro atoms. The summed E-state index contributed by atoms with van der Waals surface area (Å²) < 4.78 is 26.7. The van der Waals surface area contributed by atoms with Gasteiger partial charge >= 0.3 is 0 Å². The summed E-state index contributed by atoms with van der Waals surface area (Å²) in [6.07, 6.45) is 1.28. The zero-order valence-electron chi connectivity index (χ0n) is 10.7. The maximum Gasteiger partial charge on any atom is 0.186 e. The van der Waals surface area contributed by atoms with Gasteiger partial charge in [0.2, 0.25) is 0 Å². The average Bonchev–Trinajstić information content (AvgIpc) is 2.86. The van der Waals surface area contributed by atoms with E-state index in [1.807, 2.05) is 24.3 Å². The van der Waals surface area contributed by atoms with Gasteiger partial charge < -0.3 is 10.7 Å². The second-order valence-corrected chi connectivity index (χ2v) is 4.64. The van der Waals surface area contributed by atoms with Gasteiger partial charge in [-0.05, 0) is 30.2 Å². The molecular weight excluding hydrogens is 260 g/mol. The Balaban J connectivity index is 1.85. The minimum atomic E-state index is -0.913. The first kappa shape index (κ1) is 12.6. The number of aromatic amines is 1. The molecule has 0 aliphatic rings. The lowest BCUT2D eigenvalue weighted by Crippen LogP contribution is -1.97. The summed E-state index contributed by atoms with van der Waals surface area (Å²) in [5.74, 6) is -1.18. The number of nitrogens with one attached hydrogen (secondary N) is 1. The van der Waals surface area contributed by atoms with Crippen LogP contribution in [0.5, 0.6) is 0 Å². The maximum absolute atomic E-state index is 13.6. The number of hydrogen-bond donors (Lipinski definition) is 2. The number of hydrogen-bond acceptors (Lipinski definition) is 2. The van der Waals surface area contributed by atoms with E-state index in [0.717, 1.165) is 17.3 Å². The summed E-state index contributed by atoms with van der Waals surface area (Å²) in [7, 11) is 0. The van der Waals surface area contributed by atoms with E-state index in [-0.39, 0.29) is 5.52 Å². The number of anilines is 1. The monoisotopic (exact) mass is 273 g/mol. The third kappa shape index (κ3) is 2.22. The Hall–Kier alpha value is -2.43. The van der Waals surface area contributed by atoms with Crippen molar-refractivity contribution in [3.63, 3.8) is 0 Å². The first-order chi connectivity index (χ1) is 9.65. The van der Waals surface area contributed by atoms with Crippen molar-refractivity contribution in [1.29, 1.82) is 0 Å². The second kappa shape index (κ2) is 4.92.